The van der Waals surface area contributed by atoms with Crippen molar-refractivity contribution in [3.63, 3.8) is 0 Å². The Hall–Kier alpha value is -1.92. The summed E-state index contributed by atoms with van der Waals surface area (Å²) >= 11 is 1.67. The van der Waals surface area contributed by atoms with Gasteiger partial charge in [0, 0.05) is 50.9 Å². The number of thiazole rings is 1. The monoisotopic (exact) mass is 341 g/mol. The number of rotatable bonds is 4. The standard InChI is InChI=1S/C18H23N5S/c1-21(2)18-17-6-4-8-23(17)11-16(20-18)14-5-3-7-22(9-14)10-15-12-24-13-19-15/h4,6,8,11-14H,3,5,7,9-10H2,1-2H3. The lowest BCUT2D eigenvalue weighted by Gasteiger charge is -2.32. The van der Waals surface area contributed by atoms with Crippen LogP contribution in [0.5, 0.6) is 0 Å². The van der Waals surface area contributed by atoms with Gasteiger partial charge < -0.3 is 9.30 Å². The summed E-state index contributed by atoms with van der Waals surface area (Å²) in [4.78, 5) is 14.0. The first-order valence-corrected chi connectivity index (χ1v) is 9.39. The Morgan fingerprint density at radius 3 is 3.08 bits per heavy atom. The normalized spacial score (nSPS) is 19.0. The van der Waals surface area contributed by atoms with Gasteiger partial charge in [-0.05, 0) is 31.5 Å². The fraction of sp³-hybridized carbons (Fsp3) is 0.444. The molecule has 0 aliphatic carbocycles. The van der Waals surface area contributed by atoms with Crippen molar-refractivity contribution in [2.45, 2.75) is 25.3 Å². The van der Waals surface area contributed by atoms with Crippen LogP contribution in [0.4, 0.5) is 5.82 Å². The van der Waals surface area contributed by atoms with Gasteiger partial charge in [0.05, 0.1) is 22.4 Å². The highest BCUT2D eigenvalue weighted by Crippen LogP contribution is 2.29. The summed E-state index contributed by atoms with van der Waals surface area (Å²) < 4.78 is 2.21. The van der Waals surface area contributed by atoms with Crippen molar-refractivity contribution in [1.29, 1.82) is 0 Å². The number of hydrogen-bond acceptors (Lipinski definition) is 5. The van der Waals surface area contributed by atoms with Crippen LogP contribution in [0.3, 0.4) is 0 Å². The van der Waals surface area contributed by atoms with Gasteiger partial charge in [-0.3, -0.25) is 4.90 Å². The third kappa shape index (κ3) is 3.03. The highest BCUT2D eigenvalue weighted by Gasteiger charge is 2.24. The van der Waals surface area contributed by atoms with E-state index in [-0.39, 0.29) is 0 Å². The molecule has 1 atom stereocenters. The molecular formula is C18H23N5S. The maximum atomic E-state index is 4.99. The summed E-state index contributed by atoms with van der Waals surface area (Å²) in [6, 6.07) is 4.21. The summed E-state index contributed by atoms with van der Waals surface area (Å²) in [6.07, 6.45) is 6.75. The SMILES string of the molecule is CN(C)c1nc(C2CCCN(Cc3cscn3)C2)cn2cccc12. The molecule has 126 valence electrons. The van der Waals surface area contributed by atoms with Crippen LogP contribution in [-0.2, 0) is 6.54 Å². The number of nitrogens with zero attached hydrogens (tertiary/aromatic N) is 5. The number of piperidine rings is 1. The molecular weight excluding hydrogens is 318 g/mol. The summed E-state index contributed by atoms with van der Waals surface area (Å²) in [5.74, 6) is 1.54. The lowest BCUT2D eigenvalue weighted by Crippen LogP contribution is -2.34. The van der Waals surface area contributed by atoms with Crippen LogP contribution in [0.15, 0.2) is 35.4 Å². The Bertz CT molecular complexity index is 808. The number of hydrogen-bond donors (Lipinski definition) is 0. The van der Waals surface area contributed by atoms with Crippen molar-refractivity contribution >= 4 is 22.7 Å². The molecule has 1 aliphatic heterocycles. The van der Waals surface area contributed by atoms with E-state index < -0.39 is 0 Å². The summed E-state index contributed by atoms with van der Waals surface area (Å²) in [5, 5.41) is 2.15. The van der Waals surface area contributed by atoms with Gasteiger partial charge in [-0.25, -0.2) is 9.97 Å². The van der Waals surface area contributed by atoms with Gasteiger partial charge >= 0.3 is 0 Å². The molecule has 0 spiro atoms. The largest absolute Gasteiger partial charge is 0.361 e. The first-order valence-electron chi connectivity index (χ1n) is 8.45. The van der Waals surface area contributed by atoms with Crippen LogP contribution in [-0.4, -0.2) is 46.5 Å². The van der Waals surface area contributed by atoms with Crippen LogP contribution in [0.2, 0.25) is 0 Å². The highest BCUT2D eigenvalue weighted by atomic mass is 32.1. The van der Waals surface area contributed by atoms with E-state index in [1.807, 2.05) is 5.51 Å². The fourth-order valence-electron chi connectivity index (χ4n) is 3.56. The molecule has 3 aromatic rings. The van der Waals surface area contributed by atoms with Crippen molar-refractivity contribution in [2.75, 3.05) is 32.1 Å². The smallest absolute Gasteiger partial charge is 0.152 e. The molecule has 1 fully saturated rings. The van der Waals surface area contributed by atoms with Crippen LogP contribution in [0.25, 0.3) is 5.52 Å². The van der Waals surface area contributed by atoms with Gasteiger partial charge in [-0.2, -0.15) is 0 Å². The van der Waals surface area contributed by atoms with Crippen LogP contribution < -0.4 is 4.90 Å². The van der Waals surface area contributed by atoms with Crippen molar-refractivity contribution in [2.24, 2.45) is 0 Å². The van der Waals surface area contributed by atoms with Crippen LogP contribution >= 0.6 is 11.3 Å². The number of aromatic nitrogens is 3. The summed E-state index contributed by atoms with van der Waals surface area (Å²) in [7, 11) is 4.13. The molecule has 0 amide bonds. The van der Waals surface area contributed by atoms with Gasteiger partial charge in [-0.1, -0.05) is 0 Å². The molecule has 4 rings (SSSR count). The lowest BCUT2D eigenvalue weighted by atomic mass is 9.95. The van der Waals surface area contributed by atoms with Gasteiger partial charge in [-0.15, -0.1) is 11.3 Å². The molecule has 1 unspecified atom stereocenters. The number of fused-ring (bicyclic) bond motifs is 1. The highest BCUT2D eigenvalue weighted by molar-refractivity contribution is 7.07. The van der Waals surface area contributed by atoms with E-state index in [2.05, 4.69) is 63.2 Å². The minimum absolute atomic E-state index is 0.489. The molecule has 0 radical (unpaired) electrons. The average molecular weight is 341 g/mol. The molecule has 1 saturated heterocycles. The Labute approximate surface area is 146 Å². The van der Waals surface area contributed by atoms with Gasteiger partial charge in [0.2, 0.25) is 0 Å². The van der Waals surface area contributed by atoms with E-state index >= 15 is 0 Å². The fourth-order valence-corrected chi connectivity index (χ4v) is 4.11. The topological polar surface area (TPSA) is 36.7 Å². The second kappa shape index (κ2) is 6.53. The zero-order chi connectivity index (χ0) is 16.5. The van der Waals surface area contributed by atoms with E-state index in [0.717, 1.165) is 25.5 Å². The van der Waals surface area contributed by atoms with Gasteiger partial charge in [0.15, 0.2) is 5.82 Å². The molecule has 0 bridgehead atoms. The minimum Gasteiger partial charge on any atom is -0.361 e. The molecule has 0 aromatic carbocycles. The average Bonchev–Trinajstić information content (AvgIpc) is 3.25. The van der Waals surface area contributed by atoms with Crippen molar-refractivity contribution < 1.29 is 0 Å². The number of anilines is 1. The third-order valence-corrected chi connectivity index (χ3v) is 5.37. The quantitative estimate of drug-likeness (QED) is 0.730. The first-order chi connectivity index (χ1) is 11.7. The molecule has 5 nitrogen and oxygen atoms in total. The zero-order valence-electron chi connectivity index (χ0n) is 14.2. The van der Waals surface area contributed by atoms with Gasteiger partial charge in [0.25, 0.3) is 0 Å². The van der Waals surface area contributed by atoms with E-state index in [9.17, 15) is 0 Å². The van der Waals surface area contributed by atoms with Crippen molar-refractivity contribution in [1.82, 2.24) is 19.3 Å². The Morgan fingerprint density at radius 2 is 2.29 bits per heavy atom. The Kier molecular flexibility index (Phi) is 4.24. The molecule has 6 heteroatoms. The molecule has 1 aliphatic rings. The predicted molar refractivity (Wildman–Crippen MR) is 98.9 cm³/mol. The Morgan fingerprint density at radius 1 is 1.38 bits per heavy atom. The predicted octanol–water partition coefficient (Wildman–Crippen LogP) is 3.24. The molecule has 0 saturated carbocycles. The summed E-state index contributed by atoms with van der Waals surface area (Å²) in [5.41, 5.74) is 5.47. The molecule has 0 N–H and O–H groups in total. The minimum atomic E-state index is 0.489. The zero-order valence-corrected chi connectivity index (χ0v) is 15.0. The first kappa shape index (κ1) is 15.6. The molecule has 24 heavy (non-hydrogen) atoms. The summed E-state index contributed by atoms with van der Waals surface area (Å²) in [6.45, 7) is 3.16. The van der Waals surface area contributed by atoms with Crippen LogP contribution in [0, 0.1) is 0 Å². The molecule has 3 aromatic heterocycles. The number of likely N-dealkylation sites (tertiary alicyclic amines) is 1. The van der Waals surface area contributed by atoms with Crippen molar-refractivity contribution in [3.8, 4) is 0 Å². The maximum Gasteiger partial charge on any atom is 0.152 e. The maximum absolute atomic E-state index is 4.99. The van der Waals surface area contributed by atoms with E-state index in [1.54, 1.807) is 11.3 Å². The lowest BCUT2D eigenvalue weighted by molar-refractivity contribution is 0.196. The molecule has 4 heterocycles. The van der Waals surface area contributed by atoms with Crippen LogP contribution in [0.1, 0.15) is 30.1 Å². The van der Waals surface area contributed by atoms with E-state index in [0.29, 0.717) is 5.92 Å². The second-order valence-electron chi connectivity index (χ2n) is 6.74. The van der Waals surface area contributed by atoms with Crippen molar-refractivity contribution in [3.05, 3.63) is 46.8 Å². The van der Waals surface area contributed by atoms with E-state index in [1.165, 1.54) is 29.7 Å². The Balaban J connectivity index is 1.59. The second-order valence-corrected chi connectivity index (χ2v) is 7.46. The van der Waals surface area contributed by atoms with Gasteiger partial charge in [0.1, 0.15) is 0 Å². The third-order valence-electron chi connectivity index (χ3n) is 4.73. The van der Waals surface area contributed by atoms with E-state index in [4.69, 9.17) is 4.98 Å².